The molecule has 0 N–H and O–H groups in total. The smallest absolute Gasteiger partial charge is 0.122 e. The van der Waals surface area contributed by atoms with Gasteiger partial charge in [0, 0.05) is 19.0 Å². The van der Waals surface area contributed by atoms with E-state index < -0.39 is 0 Å². The summed E-state index contributed by atoms with van der Waals surface area (Å²) < 4.78 is 5.44. The Morgan fingerprint density at radius 1 is 1.36 bits per heavy atom. The maximum Gasteiger partial charge on any atom is 0.122 e. The molecule has 1 aliphatic rings. The molecule has 0 bridgehead atoms. The molecule has 2 atom stereocenters. The first kappa shape index (κ1) is 16.3. The summed E-state index contributed by atoms with van der Waals surface area (Å²) in [6.45, 7) is 1.82. The Bertz CT molecular complexity index is 558. The number of methoxy groups -OCH3 is 1. The van der Waals surface area contributed by atoms with Gasteiger partial charge in [-0.25, -0.2) is 0 Å². The second kappa shape index (κ2) is 8.41. The van der Waals surface area contributed by atoms with Crippen molar-refractivity contribution in [3.05, 3.63) is 29.8 Å². The van der Waals surface area contributed by atoms with Gasteiger partial charge in [-0.2, -0.15) is 10.5 Å². The van der Waals surface area contributed by atoms with Crippen LogP contribution in [0.25, 0.3) is 0 Å². The number of benzene rings is 1. The zero-order valence-electron chi connectivity index (χ0n) is 13.2. The molecule has 0 saturated carbocycles. The molecule has 1 aromatic carbocycles. The molecule has 0 radical (unpaired) electrons. The maximum absolute atomic E-state index is 9.27. The first-order chi connectivity index (χ1) is 10.8. The largest absolute Gasteiger partial charge is 0.496 e. The summed E-state index contributed by atoms with van der Waals surface area (Å²) in [4.78, 5) is 2.41. The van der Waals surface area contributed by atoms with E-state index in [-0.39, 0.29) is 5.92 Å². The van der Waals surface area contributed by atoms with E-state index >= 15 is 0 Å². The van der Waals surface area contributed by atoms with Crippen LogP contribution in [0.5, 0.6) is 5.75 Å². The van der Waals surface area contributed by atoms with Gasteiger partial charge in [0.15, 0.2) is 0 Å². The minimum Gasteiger partial charge on any atom is -0.496 e. The summed E-state index contributed by atoms with van der Waals surface area (Å²) in [6, 6.07) is 13.1. The van der Waals surface area contributed by atoms with Gasteiger partial charge < -0.3 is 4.74 Å². The monoisotopic (exact) mass is 297 g/mol. The van der Waals surface area contributed by atoms with Crippen LogP contribution in [0.1, 0.15) is 31.2 Å². The van der Waals surface area contributed by atoms with Gasteiger partial charge in [-0.1, -0.05) is 18.2 Å². The van der Waals surface area contributed by atoms with E-state index in [9.17, 15) is 5.26 Å². The molecule has 0 unspecified atom stereocenters. The molecule has 2 rings (SSSR count). The number of ether oxygens (including phenoxy) is 1. The van der Waals surface area contributed by atoms with Crippen LogP contribution in [0.3, 0.4) is 0 Å². The first-order valence-corrected chi connectivity index (χ1v) is 7.91. The average molecular weight is 297 g/mol. The summed E-state index contributed by atoms with van der Waals surface area (Å²) in [5.41, 5.74) is 1.23. The summed E-state index contributed by atoms with van der Waals surface area (Å²) >= 11 is 0. The van der Waals surface area contributed by atoms with Crippen molar-refractivity contribution in [3.8, 4) is 17.9 Å². The highest BCUT2D eigenvalue weighted by Crippen LogP contribution is 2.27. The number of nitriles is 2. The molecule has 4 heteroatoms. The van der Waals surface area contributed by atoms with Crippen LogP contribution in [0.2, 0.25) is 0 Å². The molecule has 0 aromatic heterocycles. The maximum atomic E-state index is 9.27. The van der Waals surface area contributed by atoms with Crippen LogP contribution in [0, 0.1) is 28.6 Å². The molecule has 116 valence electrons. The highest BCUT2D eigenvalue weighted by atomic mass is 16.5. The number of hydrogen-bond acceptors (Lipinski definition) is 4. The predicted octanol–water partition coefficient (Wildman–Crippen LogP) is 3.15. The Kier molecular flexibility index (Phi) is 6.25. The topological polar surface area (TPSA) is 60.0 Å². The van der Waals surface area contributed by atoms with Crippen molar-refractivity contribution in [1.29, 1.82) is 10.5 Å². The van der Waals surface area contributed by atoms with Crippen molar-refractivity contribution in [2.75, 3.05) is 20.2 Å². The summed E-state index contributed by atoms with van der Waals surface area (Å²) in [5.74, 6) is 0.897. The third kappa shape index (κ3) is 4.23. The van der Waals surface area contributed by atoms with Crippen LogP contribution in [-0.4, -0.2) is 31.1 Å². The molecule has 1 aromatic rings. The van der Waals surface area contributed by atoms with Crippen LogP contribution in [-0.2, 0) is 6.42 Å². The molecule has 1 aliphatic heterocycles. The summed E-state index contributed by atoms with van der Waals surface area (Å²) in [5, 5.41) is 18.0. The molecule has 0 amide bonds. The van der Waals surface area contributed by atoms with E-state index in [1.165, 1.54) is 12.0 Å². The summed E-state index contributed by atoms with van der Waals surface area (Å²) in [7, 11) is 1.71. The highest BCUT2D eigenvalue weighted by molar-refractivity contribution is 5.34. The fraction of sp³-hybridized carbons (Fsp3) is 0.556. The minimum atomic E-state index is -0.0436. The Morgan fingerprint density at radius 3 is 2.91 bits per heavy atom. The van der Waals surface area contributed by atoms with E-state index in [0.29, 0.717) is 18.9 Å². The van der Waals surface area contributed by atoms with Gasteiger partial charge in [0.2, 0.25) is 0 Å². The molecule has 0 aliphatic carbocycles. The Hall–Kier alpha value is -2.04. The van der Waals surface area contributed by atoms with E-state index in [2.05, 4.69) is 23.1 Å². The molecule has 0 spiro atoms. The van der Waals surface area contributed by atoms with Crippen molar-refractivity contribution in [3.63, 3.8) is 0 Å². The number of rotatable bonds is 7. The van der Waals surface area contributed by atoms with E-state index in [1.54, 1.807) is 7.11 Å². The quantitative estimate of drug-likeness (QED) is 0.775. The standard InChI is InChI=1S/C18H23N3O/c1-22-18-9-3-2-7-16(18)12-17-8-5-11-21(17)14-15(13-20)6-4-10-19/h2-3,7,9,15,17H,4-6,8,11-12,14H2,1H3/t15-,17-/m0/s1. The minimum absolute atomic E-state index is 0.0436. The van der Waals surface area contributed by atoms with Gasteiger partial charge in [0.25, 0.3) is 0 Å². The van der Waals surface area contributed by atoms with E-state index in [1.807, 2.05) is 18.2 Å². The number of nitrogens with zero attached hydrogens (tertiary/aromatic N) is 3. The third-order valence-electron chi connectivity index (χ3n) is 4.39. The Balaban J connectivity index is 1.98. The van der Waals surface area contributed by atoms with E-state index in [4.69, 9.17) is 10.00 Å². The van der Waals surface area contributed by atoms with Gasteiger partial charge in [0.1, 0.15) is 5.75 Å². The lowest BCUT2D eigenvalue weighted by Crippen LogP contribution is -2.35. The first-order valence-electron chi connectivity index (χ1n) is 7.91. The Morgan fingerprint density at radius 2 is 2.18 bits per heavy atom. The van der Waals surface area contributed by atoms with Gasteiger partial charge >= 0.3 is 0 Å². The molecule has 22 heavy (non-hydrogen) atoms. The number of hydrogen-bond donors (Lipinski definition) is 0. The van der Waals surface area contributed by atoms with Crippen molar-refractivity contribution >= 4 is 0 Å². The van der Waals surface area contributed by atoms with Crippen LogP contribution >= 0.6 is 0 Å². The lowest BCUT2D eigenvalue weighted by atomic mass is 10.0. The lowest BCUT2D eigenvalue weighted by molar-refractivity contribution is 0.226. The van der Waals surface area contributed by atoms with E-state index in [0.717, 1.165) is 31.7 Å². The molecule has 1 fully saturated rings. The zero-order chi connectivity index (χ0) is 15.8. The van der Waals surface area contributed by atoms with Crippen LogP contribution in [0.4, 0.5) is 0 Å². The fourth-order valence-electron chi connectivity index (χ4n) is 3.21. The summed E-state index contributed by atoms with van der Waals surface area (Å²) in [6.07, 6.45) is 4.43. The third-order valence-corrected chi connectivity index (χ3v) is 4.39. The Labute approximate surface area is 132 Å². The van der Waals surface area contributed by atoms with Gasteiger partial charge in [0.05, 0.1) is 25.2 Å². The van der Waals surface area contributed by atoms with Crippen molar-refractivity contribution in [1.82, 2.24) is 4.90 Å². The van der Waals surface area contributed by atoms with Gasteiger partial charge in [-0.15, -0.1) is 0 Å². The van der Waals surface area contributed by atoms with Crippen molar-refractivity contribution < 1.29 is 4.74 Å². The lowest BCUT2D eigenvalue weighted by Gasteiger charge is -2.26. The molecular formula is C18H23N3O. The second-order valence-electron chi connectivity index (χ2n) is 5.83. The highest BCUT2D eigenvalue weighted by Gasteiger charge is 2.27. The fourth-order valence-corrected chi connectivity index (χ4v) is 3.21. The van der Waals surface area contributed by atoms with Gasteiger partial charge in [-0.3, -0.25) is 4.90 Å². The normalized spacial score (nSPS) is 19.3. The predicted molar refractivity (Wildman–Crippen MR) is 85.2 cm³/mol. The molecule has 1 saturated heterocycles. The SMILES string of the molecule is COc1ccccc1C[C@@H]1CCCN1C[C@H](C#N)CCC#N. The second-order valence-corrected chi connectivity index (χ2v) is 5.83. The molecular weight excluding hydrogens is 274 g/mol. The molecule has 4 nitrogen and oxygen atoms in total. The average Bonchev–Trinajstić information content (AvgIpc) is 2.98. The van der Waals surface area contributed by atoms with Crippen molar-refractivity contribution in [2.24, 2.45) is 5.92 Å². The van der Waals surface area contributed by atoms with Gasteiger partial charge in [-0.05, 0) is 43.9 Å². The van der Waals surface area contributed by atoms with Crippen LogP contribution < -0.4 is 4.74 Å². The van der Waals surface area contributed by atoms with Crippen molar-refractivity contribution in [2.45, 2.75) is 38.1 Å². The molecule has 1 heterocycles. The van der Waals surface area contributed by atoms with Crippen LogP contribution in [0.15, 0.2) is 24.3 Å². The number of para-hydroxylation sites is 1. The number of likely N-dealkylation sites (tertiary alicyclic amines) is 1. The zero-order valence-corrected chi connectivity index (χ0v) is 13.2.